The van der Waals surface area contributed by atoms with Crippen LogP contribution in [0.3, 0.4) is 0 Å². The molecular weight excluding hydrogens is 204 g/mol. The Morgan fingerprint density at radius 3 is 2.88 bits per heavy atom. The largest absolute Gasteiger partial charge is 0.376 e. The van der Waals surface area contributed by atoms with E-state index >= 15 is 0 Å². The molecule has 0 radical (unpaired) electrons. The highest BCUT2D eigenvalue weighted by molar-refractivity contribution is 4.90. The molecule has 1 fully saturated rings. The van der Waals surface area contributed by atoms with Crippen molar-refractivity contribution in [2.24, 2.45) is 5.73 Å². The average Bonchev–Trinajstić information content (AvgIpc) is 2.78. The lowest BCUT2D eigenvalue weighted by molar-refractivity contribution is 0.0227. The zero-order valence-corrected chi connectivity index (χ0v) is 9.64. The predicted octanol–water partition coefficient (Wildman–Crippen LogP) is 1.09. The smallest absolute Gasteiger partial charge is 0.0962 e. The number of hydrogen-bond donors (Lipinski definition) is 1. The van der Waals surface area contributed by atoms with E-state index in [0.717, 1.165) is 18.8 Å². The van der Waals surface area contributed by atoms with E-state index in [1.54, 1.807) is 4.68 Å². The minimum absolute atomic E-state index is 0.448. The molecule has 2 rings (SSSR count). The molecule has 0 spiro atoms. The summed E-state index contributed by atoms with van der Waals surface area (Å²) in [4.78, 5) is 0. The summed E-state index contributed by atoms with van der Waals surface area (Å²) in [5.74, 6) is 0. The fraction of sp³-hybridized carbons (Fsp3) is 0.818. The summed E-state index contributed by atoms with van der Waals surface area (Å²) in [6.07, 6.45) is 8.76. The first kappa shape index (κ1) is 11.5. The number of rotatable bonds is 5. The quantitative estimate of drug-likeness (QED) is 0.813. The van der Waals surface area contributed by atoms with Gasteiger partial charge in [-0.15, -0.1) is 5.10 Å². The molecule has 1 aromatic heterocycles. The van der Waals surface area contributed by atoms with Gasteiger partial charge >= 0.3 is 0 Å². The van der Waals surface area contributed by atoms with Crippen molar-refractivity contribution in [3.05, 3.63) is 11.9 Å². The Kier molecular flexibility index (Phi) is 4.30. The Labute approximate surface area is 96.0 Å². The van der Waals surface area contributed by atoms with Crippen molar-refractivity contribution >= 4 is 0 Å². The topological polar surface area (TPSA) is 66.0 Å². The van der Waals surface area contributed by atoms with Gasteiger partial charge in [-0.1, -0.05) is 24.5 Å². The molecule has 5 heteroatoms. The Morgan fingerprint density at radius 1 is 1.38 bits per heavy atom. The lowest BCUT2D eigenvalue weighted by Crippen LogP contribution is -2.19. The van der Waals surface area contributed by atoms with E-state index in [1.807, 2.05) is 6.20 Å². The lowest BCUT2D eigenvalue weighted by Gasteiger charge is -2.21. The normalized spacial score (nSPS) is 17.8. The summed E-state index contributed by atoms with van der Waals surface area (Å²) < 4.78 is 7.61. The van der Waals surface area contributed by atoms with Crippen molar-refractivity contribution in [1.29, 1.82) is 0 Å². The summed E-state index contributed by atoms with van der Waals surface area (Å²) in [6, 6.07) is 0. The van der Waals surface area contributed by atoms with Crippen LogP contribution in [-0.4, -0.2) is 27.7 Å². The molecule has 1 heterocycles. The number of nitrogens with zero attached hydrogens (tertiary/aromatic N) is 3. The molecule has 2 N–H and O–H groups in total. The van der Waals surface area contributed by atoms with Gasteiger partial charge in [0.25, 0.3) is 0 Å². The summed E-state index contributed by atoms with van der Waals surface area (Å²) in [6.45, 7) is 1.94. The van der Waals surface area contributed by atoms with Crippen LogP contribution < -0.4 is 5.73 Å². The fourth-order valence-electron chi connectivity index (χ4n) is 2.09. The fourth-order valence-corrected chi connectivity index (χ4v) is 2.09. The van der Waals surface area contributed by atoms with Gasteiger partial charge in [0.15, 0.2) is 0 Å². The first-order valence-corrected chi connectivity index (χ1v) is 6.09. The number of nitrogens with two attached hydrogens (primary N) is 1. The van der Waals surface area contributed by atoms with Crippen LogP contribution >= 0.6 is 0 Å². The Bertz CT molecular complexity index is 307. The minimum Gasteiger partial charge on any atom is -0.376 e. The van der Waals surface area contributed by atoms with Crippen LogP contribution in [0.15, 0.2) is 6.20 Å². The maximum Gasteiger partial charge on any atom is 0.0962 e. The highest BCUT2D eigenvalue weighted by Gasteiger charge is 2.13. The van der Waals surface area contributed by atoms with Gasteiger partial charge < -0.3 is 10.5 Å². The van der Waals surface area contributed by atoms with Crippen molar-refractivity contribution in [1.82, 2.24) is 15.0 Å². The number of hydrogen-bond acceptors (Lipinski definition) is 4. The van der Waals surface area contributed by atoms with E-state index in [-0.39, 0.29) is 0 Å². The third-order valence-corrected chi connectivity index (χ3v) is 3.02. The van der Waals surface area contributed by atoms with E-state index in [1.165, 1.54) is 32.1 Å². The van der Waals surface area contributed by atoms with Crippen LogP contribution in [0.4, 0.5) is 0 Å². The van der Waals surface area contributed by atoms with Crippen LogP contribution in [-0.2, 0) is 17.8 Å². The first-order valence-electron chi connectivity index (χ1n) is 6.09. The second-order valence-corrected chi connectivity index (χ2v) is 4.31. The molecule has 1 aliphatic carbocycles. The highest BCUT2D eigenvalue weighted by Crippen LogP contribution is 2.19. The monoisotopic (exact) mass is 224 g/mol. The van der Waals surface area contributed by atoms with E-state index in [0.29, 0.717) is 12.6 Å². The van der Waals surface area contributed by atoms with Gasteiger partial charge in [-0.25, -0.2) is 4.68 Å². The highest BCUT2D eigenvalue weighted by atomic mass is 16.5. The summed E-state index contributed by atoms with van der Waals surface area (Å²) in [5, 5.41) is 7.91. The van der Waals surface area contributed by atoms with E-state index in [2.05, 4.69) is 10.3 Å². The van der Waals surface area contributed by atoms with Crippen molar-refractivity contribution in [3.63, 3.8) is 0 Å². The minimum atomic E-state index is 0.448. The molecule has 1 aliphatic rings. The van der Waals surface area contributed by atoms with E-state index in [4.69, 9.17) is 10.5 Å². The lowest BCUT2D eigenvalue weighted by atomic mass is 9.98. The molecule has 0 saturated heterocycles. The van der Waals surface area contributed by atoms with Crippen LogP contribution in [0.5, 0.6) is 0 Å². The standard InChI is InChI=1S/C11H20N4O/c12-8-10-9-15(14-13-10)6-7-16-11-4-2-1-3-5-11/h9,11H,1-8,12H2. The van der Waals surface area contributed by atoms with Gasteiger partial charge in [0, 0.05) is 12.7 Å². The van der Waals surface area contributed by atoms with Gasteiger partial charge in [-0.05, 0) is 12.8 Å². The van der Waals surface area contributed by atoms with Gasteiger partial charge in [-0.2, -0.15) is 0 Å². The Balaban J connectivity index is 1.66. The maximum absolute atomic E-state index is 5.81. The van der Waals surface area contributed by atoms with Gasteiger partial charge in [0.1, 0.15) is 0 Å². The zero-order chi connectivity index (χ0) is 11.2. The molecule has 0 unspecified atom stereocenters. The van der Waals surface area contributed by atoms with Gasteiger partial charge in [0.2, 0.25) is 0 Å². The van der Waals surface area contributed by atoms with Crippen LogP contribution in [0, 0.1) is 0 Å². The molecule has 16 heavy (non-hydrogen) atoms. The maximum atomic E-state index is 5.81. The Hall–Kier alpha value is -0.940. The predicted molar refractivity (Wildman–Crippen MR) is 60.7 cm³/mol. The summed E-state index contributed by atoms with van der Waals surface area (Å²) >= 11 is 0. The molecule has 1 saturated carbocycles. The third kappa shape index (κ3) is 3.28. The van der Waals surface area contributed by atoms with Crippen molar-refractivity contribution < 1.29 is 4.74 Å². The second-order valence-electron chi connectivity index (χ2n) is 4.31. The van der Waals surface area contributed by atoms with Crippen molar-refractivity contribution in [2.75, 3.05) is 6.61 Å². The number of ether oxygens (including phenoxy) is 1. The second kappa shape index (κ2) is 5.96. The molecular formula is C11H20N4O. The van der Waals surface area contributed by atoms with Crippen LogP contribution in [0.25, 0.3) is 0 Å². The molecule has 0 aliphatic heterocycles. The van der Waals surface area contributed by atoms with E-state index in [9.17, 15) is 0 Å². The summed E-state index contributed by atoms with van der Waals surface area (Å²) in [5.41, 5.74) is 6.29. The summed E-state index contributed by atoms with van der Waals surface area (Å²) in [7, 11) is 0. The zero-order valence-electron chi connectivity index (χ0n) is 9.64. The molecule has 90 valence electrons. The molecule has 0 amide bonds. The molecule has 0 atom stereocenters. The van der Waals surface area contributed by atoms with Crippen LogP contribution in [0.1, 0.15) is 37.8 Å². The third-order valence-electron chi connectivity index (χ3n) is 3.02. The number of aromatic nitrogens is 3. The van der Waals surface area contributed by atoms with Crippen molar-refractivity contribution in [3.8, 4) is 0 Å². The Morgan fingerprint density at radius 2 is 2.19 bits per heavy atom. The molecule has 1 aromatic rings. The van der Waals surface area contributed by atoms with Crippen LogP contribution in [0.2, 0.25) is 0 Å². The van der Waals surface area contributed by atoms with Gasteiger partial charge in [-0.3, -0.25) is 0 Å². The first-order chi connectivity index (χ1) is 7.88. The van der Waals surface area contributed by atoms with Gasteiger partial charge in [0.05, 0.1) is 24.9 Å². The molecule has 0 bridgehead atoms. The SMILES string of the molecule is NCc1cn(CCOC2CCCCC2)nn1. The molecule has 5 nitrogen and oxygen atoms in total. The van der Waals surface area contributed by atoms with Crippen molar-refractivity contribution in [2.45, 2.75) is 51.3 Å². The van der Waals surface area contributed by atoms with E-state index < -0.39 is 0 Å². The molecule has 0 aromatic carbocycles. The average molecular weight is 224 g/mol.